The molecule has 75 valence electrons. The lowest BCUT2D eigenvalue weighted by Crippen LogP contribution is -2.31. The molecule has 0 fully saturated rings. The van der Waals surface area contributed by atoms with E-state index in [1.165, 1.54) is 7.28 Å². The van der Waals surface area contributed by atoms with Crippen LogP contribution in [0.4, 0.5) is 0 Å². The van der Waals surface area contributed by atoms with Gasteiger partial charge in [0.05, 0.1) is 6.54 Å². The number of amides is 1. The number of hydrogen-bond acceptors (Lipinski definition) is 4. The third kappa shape index (κ3) is 5.33. The van der Waals surface area contributed by atoms with Crippen LogP contribution in [-0.2, 0) is 9.59 Å². The molecule has 14 heavy (non-hydrogen) atoms. The Morgan fingerprint density at radius 1 is 1.71 bits per heavy atom. The summed E-state index contributed by atoms with van der Waals surface area (Å²) < 4.78 is 0. The Morgan fingerprint density at radius 2 is 2.43 bits per heavy atom. The van der Waals surface area contributed by atoms with Crippen molar-refractivity contribution in [3.63, 3.8) is 0 Å². The fraction of sp³-hybridized carbons (Fsp3) is 0.625. The highest BCUT2D eigenvalue weighted by atomic mass is 16.2. The number of nitriles is 1. The number of aldehydes is 1. The van der Waals surface area contributed by atoms with Gasteiger partial charge in [-0.2, -0.15) is 0 Å². The van der Waals surface area contributed by atoms with E-state index in [9.17, 15) is 9.59 Å². The zero-order chi connectivity index (χ0) is 10.8. The van der Waals surface area contributed by atoms with Crippen LogP contribution in [0.3, 0.4) is 0 Å². The molecule has 0 bridgehead atoms. The van der Waals surface area contributed by atoms with E-state index in [0.717, 1.165) is 0 Å². The van der Waals surface area contributed by atoms with Crippen molar-refractivity contribution in [2.45, 2.75) is 18.7 Å². The summed E-state index contributed by atoms with van der Waals surface area (Å²) in [5.74, 6) is 1.05. The van der Waals surface area contributed by atoms with Crippen LogP contribution in [-0.4, -0.2) is 32.6 Å². The maximum absolute atomic E-state index is 11.3. The Balaban J connectivity index is 3.97. The summed E-state index contributed by atoms with van der Waals surface area (Å²) in [4.78, 5) is 21.3. The van der Waals surface area contributed by atoms with Crippen molar-refractivity contribution in [3.8, 4) is 5.97 Å². The first-order valence-electron chi connectivity index (χ1n) is 4.40. The van der Waals surface area contributed by atoms with Crippen LogP contribution in [0.25, 0.3) is 0 Å². The van der Waals surface area contributed by atoms with E-state index in [1.54, 1.807) is 0 Å². The minimum atomic E-state index is -0.469. The summed E-state index contributed by atoms with van der Waals surface area (Å²) in [5.41, 5.74) is 5.29. The van der Waals surface area contributed by atoms with Crippen LogP contribution in [0.2, 0.25) is 5.82 Å². The molecule has 0 spiro atoms. The monoisotopic (exact) mass is 194 g/mol. The van der Waals surface area contributed by atoms with Crippen LogP contribution >= 0.6 is 0 Å². The van der Waals surface area contributed by atoms with Crippen LogP contribution < -0.4 is 11.1 Å². The van der Waals surface area contributed by atoms with E-state index in [2.05, 4.69) is 5.32 Å². The maximum atomic E-state index is 11.3. The van der Waals surface area contributed by atoms with Gasteiger partial charge >= 0.3 is 0 Å². The van der Waals surface area contributed by atoms with Crippen LogP contribution in [0, 0.1) is 11.2 Å². The minimum absolute atomic E-state index is 0.0166. The molecule has 0 aromatic heterocycles. The second-order valence-corrected chi connectivity index (χ2v) is 2.74. The topological polar surface area (TPSA) is 96.0 Å². The van der Waals surface area contributed by atoms with E-state index >= 15 is 0 Å². The molecule has 1 radical (unpaired) electrons. The fourth-order valence-corrected chi connectivity index (χ4v) is 0.991. The van der Waals surface area contributed by atoms with Crippen LogP contribution in [0.15, 0.2) is 0 Å². The van der Waals surface area contributed by atoms with Gasteiger partial charge in [-0.05, 0) is 25.4 Å². The molecule has 1 amide bonds. The molecule has 5 nitrogen and oxygen atoms in total. The highest BCUT2D eigenvalue weighted by Crippen LogP contribution is 2.10. The molecule has 0 aliphatic heterocycles. The molecular weight excluding hydrogens is 181 g/mol. The molecule has 0 rings (SSSR count). The molecule has 1 unspecified atom stereocenters. The van der Waals surface area contributed by atoms with Gasteiger partial charge < -0.3 is 15.8 Å². The van der Waals surface area contributed by atoms with Gasteiger partial charge in [-0.15, -0.1) is 0 Å². The second-order valence-electron chi connectivity index (χ2n) is 2.74. The molecule has 3 N–H and O–H groups in total. The SMILES string of the molecule is N#C[B]C(CCCN)C(=O)NCC=O. The number of nitrogens with two attached hydrogens (primary N) is 1. The summed E-state index contributed by atoms with van der Waals surface area (Å²) in [6, 6.07) is 0. The summed E-state index contributed by atoms with van der Waals surface area (Å²) in [6.07, 6.45) is 1.82. The Morgan fingerprint density at radius 3 is 2.93 bits per heavy atom. The van der Waals surface area contributed by atoms with Crippen LogP contribution in [0.5, 0.6) is 0 Å². The first-order chi connectivity index (χ1) is 6.76. The van der Waals surface area contributed by atoms with Crippen molar-refractivity contribution in [1.82, 2.24) is 5.32 Å². The number of hydrogen-bond donors (Lipinski definition) is 2. The second kappa shape index (κ2) is 8.26. The molecule has 0 heterocycles. The van der Waals surface area contributed by atoms with Crippen molar-refractivity contribution in [3.05, 3.63) is 0 Å². The smallest absolute Gasteiger partial charge is 0.267 e. The number of nitrogens with one attached hydrogen (secondary N) is 1. The highest BCUT2D eigenvalue weighted by molar-refractivity contribution is 6.52. The van der Waals surface area contributed by atoms with Crippen molar-refractivity contribution < 1.29 is 9.59 Å². The Labute approximate surface area is 83.9 Å². The minimum Gasteiger partial charge on any atom is -0.350 e. The Bertz CT molecular complexity index is 227. The third-order valence-electron chi connectivity index (χ3n) is 1.69. The maximum Gasteiger partial charge on any atom is 0.267 e. The van der Waals surface area contributed by atoms with E-state index in [1.807, 2.05) is 5.97 Å². The molecule has 0 saturated carbocycles. The largest absolute Gasteiger partial charge is 0.350 e. The van der Waals surface area contributed by atoms with Gasteiger partial charge in [-0.1, -0.05) is 0 Å². The van der Waals surface area contributed by atoms with Crippen molar-refractivity contribution in [2.24, 2.45) is 5.73 Å². The van der Waals surface area contributed by atoms with E-state index < -0.39 is 5.82 Å². The molecule has 0 aromatic rings. The van der Waals surface area contributed by atoms with E-state index in [4.69, 9.17) is 11.0 Å². The molecule has 0 aliphatic carbocycles. The zero-order valence-electron chi connectivity index (χ0n) is 7.90. The normalized spacial score (nSPS) is 11.1. The standard InChI is InChI=1S/C8H13BN3O2/c10-3-1-2-7(9-6-11)8(14)12-4-5-13/h5,7H,1-4,10H2,(H,12,14). The molecule has 0 aromatic carbocycles. The molecule has 0 saturated heterocycles. The number of nitrogens with zero attached hydrogens (tertiary/aromatic N) is 1. The first kappa shape index (κ1) is 12.7. The third-order valence-corrected chi connectivity index (χ3v) is 1.69. The average Bonchev–Trinajstić information content (AvgIpc) is 2.20. The fourth-order valence-electron chi connectivity index (χ4n) is 0.991. The van der Waals surface area contributed by atoms with Gasteiger partial charge in [0, 0.05) is 5.82 Å². The van der Waals surface area contributed by atoms with Crippen molar-refractivity contribution >= 4 is 19.5 Å². The lowest BCUT2D eigenvalue weighted by molar-refractivity contribution is -0.122. The number of rotatable bonds is 7. The molecule has 6 heteroatoms. The van der Waals surface area contributed by atoms with Gasteiger partial charge in [0.1, 0.15) is 6.29 Å². The summed E-state index contributed by atoms with van der Waals surface area (Å²) >= 11 is 0. The lowest BCUT2D eigenvalue weighted by Gasteiger charge is -2.10. The first-order valence-corrected chi connectivity index (χ1v) is 4.40. The van der Waals surface area contributed by atoms with Gasteiger partial charge in [-0.3, -0.25) is 4.79 Å². The van der Waals surface area contributed by atoms with Gasteiger partial charge in [0.25, 0.3) is 7.28 Å². The number of carbonyl (C=O) groups excluding carboxylic acids is 2. The highest BCUT2D eigenvalue weighted by Gasteiger charge is 2.18. The Kier molecular flexibility index (Phi) is 7.47. The van der Waals surface area contributed by atoms with Crippen molar-refractivity contribution in [1.29, 1.82) is 5.26 Å². The molecule has 1 atom stereocenters. The van der Waals surface area contributed by atoms with E-state index in [-0.39, 0.29) is 12.5 Å². The predicted molar refractivity (Wildman–Crippen MR) is 52.5 cm³/mol. The summed E-state index contributed by atoms with van der Waals surface area (Å²) in [6.45, 7) is 0.466. The number of carbonyl (C=O) groups is 2. The quantitative estimate of drug-likeness (QED) is 0.401. The lowest BCUT2D eigenvalue weighted by atomic mass is 9.64. The summed E-state index contributed by atoms with van der Waals surface area (Å²) in [7, 11) is 1.26. The predicted octanol–water partition coefficient (Wildman–Crippen LogP) is -0.986. The molecular formula is C8H13BN3O2. The van der Waals surface area contributed by atoms with Crippen molar-refractivity contribution in [2.75, 3.05) is 13.1 Å². The molecule has 0 aliphatic rings. The van der Waals surface area contributed by atoms with Gasteiger partial charge in [-0.25, -0.2) is 5.26 Å². The summed E-state index contributed by atoms with van der Waals surface area (Å²) in [5, 5.41) is 10.8. The Hall–Kier alpha value is -1.35. The zero-order valence-corrected chi connectivity index (χ0v) is 7.90. The van der Waals surface area contributed by atoms with E-state index in [0.29, 0.717) is 25.7 Å². The average molecular weight is 194 g/mol. The van der Waals surface area contributed by atoms with Crippen LogP contribution in [0.1, 0.15) is 12.8 Å². The van der Waals surface area contributed by atoms with Gasteiger partial charge in [0.15, 0.2) is 0 Å². The van der Waals surface area contributed by atoms with Gasteiger partial charge in [0.2, 0.25) is 5.91 Å².